The molecule has 0 unspecified atom stereocenters. The molecule has 0 aliphatic rings. The molecular weight excluding hydrogens is 278 g/mol. The number of hydrogen-bond donors (Lipinski definition) is 0. The minimum atomic E-state index is -3.30. The molecule has 0 fully saturated rings. The number of esters is 1. The summed E-state index contributed by atoms with van der Waals surface area (Å²) < 4.78 is 32.9. The van der Waals surface area contributed by atoms with Gasteiger partial charge in [-0.25, -0.2) is 4.79 Å². The summed E-state index contributed by atoms with van der Waals surface area (Å²) in [5.41, 5.74) is -1.60. The summed E-state index contributed by atoms with van der Waals surface area (Å²) in [6.07, 6.45) is 0. The zero-order valence-electron chi connectivity index (χ0n) is 10.1. The van der Waals surface area contributed by atoms with Gasteiger partial charge in [0.05, 0.1) is 22.7 Å². The first-order valence-electron chi connectivity index (χ1n) is 5.25. The molecule has 1 aromatic carbocycles. The largest absolute Gasteiger partial charge is 0.462 e. The lowest BCUT2D eigenvalue weighted by Gasteiger charge is -2.08. The Labute approximate surface area is 111 Å². The van der Waals surface area contributed by atoms with Gasteiger partial charge in [0.25, 0.3) is 0 Å². The SMILES string of the molecule is CCOC(=O)c1cc([N+](=O)[O-])c(OC(F)F)cc1C#N. The van der Waals surface area contributed by atoms with Gasteiger partial charge in [-0.1, -0.05) is 0 Å². The van der Waals surface area contributed by atoms with E-state index in [2.05, 4.69) is 9.47 Å². The van der Waals surface area contributed by atoms with Crippen LogP contribution < -0.4 is 4.74 Å². The summed E-state index contributed by atoms with van der Waals surface area (Å²) >= 11 is 0. The van der Waals surface area contributed by atoms with E-state index in [1.165, 1.54) is 6.92 Å². The van der Waals surface area contributed by atoms with Gasteiger partial charge in [0.15, 0.2) is 0 Å². The van der Waals surface area contributed by atoms with Gasteiger partial charge < -0.3 is 9.47 Å². The van der Waals surface area contributed by atoms with Gasteiger partial charge in [-0.15, -0.1) is 0 Å². The van der Waals surface area contributed by atoms with Crippen molar-refractivity contribution in [1.82, 2.24) is 0 Å². The van der Waals surface area contributed by atoms with Crippen molar-refractivity contribution < 1.29 is 28.0 Å². The topological polar surface area (TPSA) is 102 Å². The number of nitrogens with zero attached hydrogens (tertiary/aromatic N) is 2. The predicted molar refractivity (Wildman–Crippen MR) is 60.4 cm³/mol. The molecule has 0 spiro atoms. The van der Waals surface area contributed by atoms with Gasteiger partial charge in [-0.2, -0.15) is 14.0 Å². The van der Waals surface area contributed by atoms with E-state index in [1.807, 2.05) is 0 Å². The number of carbonyl (C=O) groups excluding carboxylic acids is 1. The molecule has 0 amide bonds. The van der Waals surface area contributed by atoms with Crippen molar-refractivity contribution in [3.05, 3.63) is 33.4 Å². The molecule has 9 heteroatoms. The number of nitro benzene ring substituents is 1. The van der Waals surface area contributed by atoms with E-state index in [0.29, 0.717) is 12.1 Å². The molecule has 20 heavy (non-hydrogen) atoms. The molecule has 0 aliphatic heterocycles. The lowest BCUT2D eigenvalue weighted by molar-refractivity contribution is -0.386. The third-order valence-corrected chi connectivity index (χ3v) is 2.13. The summed E-state index contributed by atoms with van der Waals surface area (Å²) in [4.78, 5) is 21.3. The number of nitriles is 1. The van der Waals surface area contributed by atoms with Crippen LogP contribution in [0.2, 0.25) is 0 Å². The van der Waals surface area contributed by atoms with E-state index >= 15 is 0 Å². The Hall–Kier alpha value is -2.76. The maximum atomic E-state index is 12.2. The van der Waals surface area contributed by atoms with Crippen molar-refractivity contribution in [2.75, 3.05) is 6.61 Å². The summed E-state index contributed by atoms with van der Waals surface area (Å²) in [5.74, 6) is -1.76. The van der Waals surface area contributed by atoms with E-state index in [4.69, 9.17) is 5.26 Å². The number of carbonyl (C=O) groups is 1. The number of ether oxygens (including phenoxy) is 2. The normalized spacial score (nSPS) is 9.95. The van der Waals surface area contributed by atoms with E-state index in [0.717, 1.165) is 0 Å². The maximum absolute atomic E-state index is 12.2. The fourth-order valence-corrected chi connectivity index (χ4v) is 1.37. The first-order chi connectivity index (χ1) is 9.40. The van der Waals surface area contributed by atoms with Crippen LogP contribution in [0.4, 0.5) is 14.5 Å². The summed E-state index contributed by atoms with van der Waals surface area (Å²) in [6.45, 7) is -1.80. The van der Waals surface area contributed by atoms with Gasteiger partial charge in [-0.05, 0) is 6.92 Å². The fourth-order valence-electron chi connectivity index (χ4n) is 1.37. The van der Waals surface area contributed by atoms with Crippen LogP contribution in [0.1, 0.15) is 22.8 Å². The van der Waals surface area contributed by atoms with Crippen molar-refractivity contribution in [2.24, 2.45) is 0 Å². The molecular formula is C11H8F2N2O5. The van der Waals surface area contributed by atoms with Crippen LogP contribution in [-0.2, 0) is 4.74 Å². The Morgan fingerprint density at radius 1 is 1.55 bits per heavy atom. The third-order valence-electron chi connectivity index (χ3n) is 2.13. The Morgan fingerprint density at radius 2 is 2.20 bits per heavy atom. The lowest BCUT2D eigenvalue weighted by Crippen LogP contribution is -2.10. The average molecular weight is 286 g/mol. The predicted octanol–water partition coefficient (Wildman–Crippen LogP) is 2.24. The number of rotatable bonds is 5. The van der Waals surface area contributed by atoms with Crippen LogP contribution >= 0.6 is 0 Å². The van der Waals surface area contributed by atoms with E-state index in [-0.39, 0.29) is 17.7 Å². The van der Waals surface area contributed by atoms with Gasteiger partial charge in [0.1, 0.15) is 6.07 Å². The first kappa shape index (κ1) is 15.3. The zero-order chi connectivity index (χ0) is 15.3. The molecule has 0 saturated carbocycles. The summed E-state index contributed by atoms with van der Waals surface area (Å²) in [6, 6.07) is 2.95. The van der Waals surface area contributed by atoms with Gasteiger partial charge in [0, 0.05) is 12.1 Å². The molecule has 0 saturated heterocycles. The molecule has 0 atom stereocenters. The number of nitro groups is 1. The fraction of sp³-hybridized carbons (Fsp3) is 0.273. The Balaban J connectivity index is 3.41. The van der Waals surface area contributed by atoms with E-state index in [1.54, 1.807) is 6.07 Å². The highest BCUT2D eigenvalue weighted by Crippen LogP contribution is 2.32. The third kappa shape index (κ3) is 3.38. The number of hydrogen-bond acceptors (Lipinski definition) is 6. The highest BCUT2D eigenvalue weighted by Gasteiger charge is 2.25. The standard InChI is InChI=1S/C11H8F2N2O5/c1-2-19-10(16)7-4-8(15(17)18)9(20-11(12)13)3-6(7)5-14/h3-4,11H,2H2,1H3. The number of alkyl halides is 2. The number of benzene rings is 1. The molecule has 0 aliphatic carbocycles. The second-order valence-electron chi connectivity index (χ2n) is 3.33. The molecule has 0 bridgehead atoms. The second-order valence-corrected chi connectivity index (χ2v) is 3.33. The van der Waals surface area contributed by atoms with Crippen molar-refractivity contribution >= 4 is 11.7 Å². The maximum Gasteiger partial charge on any atom is 0.387 e. The van der Waals surface area contributed by atoms with Crippen molar-refractivity contribution in [3.8, 4) is 11.8 Å². The van der Waals surface area contributed by atoms with Crippen LogP contribution in [0.5, 0.6) is 5.75 Å². The quantitative estimate of drug-likeness (QED) is 0.467. The van der Waals surface area contributed by atoms with Crippen molar-refractivity contribution in [1.29, 1.82) is 5.26 Å². The van der Waals surface area contributed by atoms with Gasteiger partial charge in [0.2, 0.25) is 5.75 Å². The van der Waals surface area contributed by atoms with E-state index in [9.17, 15) is 23.7 Å². The van der Waals surface area contributed by atoms with Crippen LogP contribution in [0, 0.1) is 21.4 Å². The molecule has 7 nitrogen and oxygen atoms in total. The van der Waals surface area contributed by atoms with Crippen LogP contribution in [0.15, 0.2) is 12.1 Å². The molecule has 1 aromatic rings. The zero-order valence-corrected chi connectivity index (χ0v) is 10.1. The lowest BCUT2D eigenvalue weighted by atomic mass is 10.1. The molecule has 0 radical (unpaired) electrons. The van der Waals surface area contributed by atoms with Crippen LogP contribution in [-0.4, -0.2) is 24.1 Å². The minimum Gasteiger partial charge on any atom is -0.462 e. The number of halogens is 2. The van der Waals surface area contributed by atoms with Crippen LogP contribution in [0.25, 0.3) is 0 Å². The molecule has 0 N–H and O–H groups in total. The smallest absolute Gasteiger partial charge is 0.387 e. The molecule has 0 aromatic heterocycles. The monoisotopic (exact) mass is 286 g/mol. The van der Waals surface area contributed by atoms with Gasteiger partial charge in [-0.3, -0.25) is 10.1 Å². The highest BCUT2D eigenvalue weighted by molar-refractivity contribution is 5.93. The van der Waals surface area contributed by atoms with Crippen LogP contribution in [0.3, 0.4) is 0 Å². The minimum absolute atomic E-state index is 0.00716. The van der Waals surface area contributed by atoms with Crippen molar-refractivity contribution in [3.63, 3.8) is 0 Å². The van der Waals surface area contributed by atoms with Crippen molar-refractivity contribution in [2.45, 2.75) is 13.5 Å². The summed E-state index contributed by atoms with van der Waals surface area (Å²) in [5, 5.41) is 19.6. The molecule has 0 heterocycles. The Kier molecular flexibility index (Phi) is 4.91. The average Bonchev–Trinajstić information content (AvgIpc) is 2.37. The second kappa shape index (κ2) is 6.42. The molecule has 1 rings (SSSR count). The highest BCUT2D eigenvalue weighted by atomic mass is 19.3. The van der Waals surface area contributed by atoms with Gasteiger partial charge >= 0.3 is 18.3 Å². The van der Waals surface area contributed by atoms with E-state index < -0.39 is 28.9 Å². The molecule has 106 valence electrons. The summed E-state index contributed by atoms with van der Waals surface area (Å²) in [7, 11) is 0. The Morgan fingerprint density at radius 3 is 2.65 bits per heavy atom. The Bertz CT molecular complexity index is 583. The first-order valence-corrected chi connectivity index (χ1v) is 5.25.